The smallest absolute Gasteiger partial charge is 0.262 e. The van der Waals surface area contributed by atoms with Gasteiger partial charge in [-0.3, -0.25) is 19.1 Å². The molecule has 0 radical (unpaired) electrons. The van der Waals surface area contributed by atoms with Crippen molar-refractivity contribution >= 4 is 27.5 Å². The summed E-state index contributed by atoms with van der Waals surface area (Å²) >= 11 is 1.57. The van der Waals surface area contributed by atoms with Gasteiger partial charge in [0.1, 0.15) is 4.83 Å². The first-order valence-corrected chi connectivity index (χ1v) is 14.8. The Balaban J connectivity index is 1.17. The molecular formula is C32H36N4O2S. The van der Waals surface area contributed by atoms with E-state index in [1.54, 1.807) is 17.7 Å². The molecular weight excluding hydrogens is 504 g/mol. The molecule has 6 nitrogen and oxygen atoms in total. The van der Waals surface area contributed by atoms with Crippen LogP contribution in [0.15, 0.2) is 65.7 Å². The molecule has 4 heterocycles. The highest BCUT2D eigenvalue weighted by molar-refractivity contribution is 7.18. The lowest BCUT2D eigenvalue weighted by atomic mass is 9.86. The minimum Gasteiger partial charge on any atom is -0.333 e. The Hall–Kier alpha value is -3.29. The van der Waals surface area contributed by atoms with Crippen molar-refractivity contribution in [3.05, 3.63) is 98.4 Å². The first-order chi connectivity index (χ1) is 18.8. The number of piperidine rings is 1. The Kier molecular flexibility index (Phi) is 6.89. The number of likely N-dealkylation sites (tertiary alicyclic amines) is 1. The van der Waals surface area contributed by atoms with E-state index in [1.807, 2.05) is 21.6 Å². The van der Waals surface area contributed by atoms with Crippen LogP contribution in [0, 0.1) is 0 Å². The molecule has 0 bridgehead atoms. The van der Waals surface area contributed by atoms with Crippen molar-refractivity contribution in [2.75, 3.05) is 19.6 Å². The summed E-state index contributed by atoms with van der Waals surface area (Å²) in [5.41, 5.74) is 4.49. The number of rotatable bonds is 4. The predicted molar refractivity (Wildman–Crippen MR) is 157 cm³/mol. The Morgan fingerprint density at radius 1 is 1.00 bits per heavy atom. The molecule has 39 heavy (non-hydrogen) atoms. The van der Waals surface area contributed by atoms with Crippen molar-refractivity contribution in [3.63, 3.8) is 0 Å². The van der Waals surface area contributed by atoms with Crippen molar-refractivity contribution < 1.29 is 4.79 Å². The molecule has 6 rings (SSSR count). The molecule has 2 aliphatic heterocycles. The number of nitrogens with zero attached hydrogens (tertiary/aromatic N) is 4. The Morgan fingerprint density at radius 2 is 1.72 bits per heavy atom. The van der Waals surface area contributed by atoms with E-state index in [1.165, 1.54) is 11.1 Å². The van der Waals surface area contributed by atoms with Crippen LogP contribution in [-0.2, 0) is 24.9 Å². The highest BCUT2D eigenvalue weighted by Crippen LogP contribution is 2.34. The van der Waals surface area contributed by atoms with Crippen LogP contribution in [0.2, 0.25) is 0 Å². The summed E-state index contributed by atoms with van der Waals surface area (Å²) in [7, 11) is 0. The second-order valence-corrected chi connectivity index (χ2v) is 13.0. The summed E-state index contributed by atoms with van der Waals surface area (Å²) in [4.78, 5) is 38.0. The zero-order valence-corrected chi connectivity index (χ0v) is 23.8. The van der Waals surface area contributed by atoms with Gasteiger partial charge < -0.3 is 4.90 Å². The number of fused-ring (bicyclic) bond motifs is 3. The van der Waals surface area contributed by atoms with E-state index in [0.29, 0.717) is 25.1 Å². The van der Waals surface area contributed by atoms with Gasteiger partial charge in [0.15, 0.2) is 0 Å². The molecule has 2 aliphatic rings. The summed E-state index contributed by atoms with van der Waals surface area (Å²) in [5, 5.41) is 0.769. The largest absolute Gasteiger partial charge is 0.333 e. The number of aromatic nitrogens is 2. The minimum atomic E-state index is 0.0474. The van der Waals surface area contributed by atoms with Gasteiger partial charge in [-0.05, 0) is 53.5 Å². The molecule has 2 aromatic carbocycles. The molecule has 0 unspecified atom stereocenters. The number of hydrogen-bond donors (Lipinski definition) is 0. The van der Waals surface area contributed by atoms with Gasteiger partial charge in [0.2, 0.25) is 0 Å². The Bertz CT molecular complexity index is 1540. The molecule has 1 saturated heterocycles. The van der Waals surface area contributed by atoms with Crippen LogP contribution >= 0.6 is 11.3 Å². The van der Waals surface area contributed by atoms with Crippen LogP contribution in [0.3, 0.4) is 0 Å². The molecule has 2 aromatic heterocycles. The molecule has 0 aliphatic carbocycles. The van der Waals surface area contributed by atoms with Gasteiger partial charge in [-0.15, -0.1) is 11.3 Å². The number of carbonyl (C=O) groups is 1. The van der Waals surface area contributed by atoms with Crippen molar-refractivity contribution in [3.8, 4) is 0 Å². The Morgan fingerprint density at radius 3 is 2.41 bits per heavy atom. The molecule has 4 aromatic rings. The normalized spacial score (nSPS) is 16.9. The minimum absolute atomic E-state index is 0.0474. The van der Waals surface area contributed by atoms with Crippen LogP contribution in [-0.4, -0.2) is 44.9 Å². The first kappa shape index (κ1) is 26.0. The topological polar surface area (TPSA) is 58.4 Å². The number of carbonyl (C=O) groups excluding carboxylic acids is 1. The molecule has 7 heteroatoms. The summed E-state index contributed by atoms with van der Waals surface area (Å²) in [6.45, 7) is 10.6. The van der Waals surface area contributed by atoms with Crippen molar-refractivity contribution in [1.29, 1.82) is 0 Å². The maximum Gasteiger partial charge on any atom is 0.262 e. The zero-order valence-electron chi connectivity index (χ0n) is 23.0. The van der Waals surface area contributed by atoms with E-state index in [2.05, 4.69) is 68.1 Å². The van der Waals surface area contributed by atoms with Gasteiger partial charge in [0, 0.05) is 42.7 Å². The zero-order chi connectivity index (χ0) is 27.1. The highest BCUT2D eigenvalue weighted by Gasteiger charge is 2.29. The molecule has 0 atom stereocenters. The quantitative estimate of drug-likeness (QED) is 0.329. The van der Waals surface area contributed by atoms with Gasteiger partial charge in [0.25, 0.3) is 11.5 Å². The van der Waals surface area contributed by atoms with E-state index in [9.17, 15) is 9.59 Å². The fraction of sp³-hybridized carbons (Fsp3) is 0.406. The molecule has 1 fully saturated rings. The van der Waals surface area contributed by atoms with Gasteiger partial charge >= 0.3 is 0 Å². The van der Waals surface area contributed by atoms with Crippen LogP contribution in [0.5, 0.6) is 0 Å². The van der Waals surface area contributed by atoms with Gasteiger partial charge in [-0.1, -0.05) is 63.2 Å². The van der Waals surface area contributed by atoms with E-state index < -0.39 is 0 Å². The molecule has 0 saturated carbocycles. The number of hydrogen-bond acceptors (Lipinski definition) is 5. The van der Waals surface area contributed by atoms with Crippen molar-refractivity contribution in [2.45, 2.75) is 64.6 Å². The molecule has 1 amide bonds. The number of thiophene rings is 1. The van der Waals surface area contributed by atoms with Crippen molar-refractivity contribution in [1.82, 2.24) is 19.4 Å². The molecule has 0 spiro atoms. The predicted octanol–water partition coefficient (Wildman–Crippen LogP) is 5.79. The fourth-order valence-electron chi connectivity index (χ4n) is 5.92. The Labute approximate surface area is 233 Å². The third-order valence-corrected chi connectivity index (χ3v) is 9.40. The number of benzene rings is 2. The first-order valence-electron chi connectivity index (χ1n) is 14.0. The lowest BCUT2D eigenvalue weighted by molar-refractivity contribution is 0.0737. The van der Waals surface area contributed by atoms with Gasteiger partial charge in [-0.25, -0.2) is 4.98 Å². The highest BCUT2D eigenvalue weighted by atomic mass is 32.1. The maximum atomic E-state index is 13.7. The summed E-state index contributed by atoms with van der Waals surface area (Å²) in [5.74, 6) is 0.0474. The van der Waals surface area contributed by atoms with E-state index >= 15 is 0 Å². The number of amides is 1. The second kappa shape index (κ2) is 10.4. The third kappa shape index (κ3) is 5.18. The maximum absolute atomic E-state index is 13.7. The SMILES string of the molecule is CC(C)(C)c1ccc(C(=O)N2CCc3c(sc4ncn(C5CCN(Cc6ccccc6)CC5)c(=O)c34)C2)cc1. The lowest BCUT2D eigenvalue weighted by Crippen LogP contribution is -2.37. The van der Waals surface area contributed by atoms with Crippen LogP contribution in [0.4, 0.5) is 0 Å². The average Bonchev–Trinajstić information content (AvgIpc) is 3.32. The van der Waals surface area contributed by atoms with E-state index in [-0.39, 0.29) is 22.9 Å². The third-order valence-electron chi connectivity index (χ3n) is 8.27. The van der Waals surface area contributed by atoms with Gasteiger partial charge in [0.05, 0.1) is 18.3 Å². The summed E-state index contributed by atoms with van der Waals surface area (Å²) in [6.07, 6.45) is 4.34. The van der Waals surface area contributed by atoms with E-state index in [0.717, 1.165) is 53.1 Å². The van der Waals surface area contributed by atoms with Crippen LogP contribution in [0.1, 0.15) is 71.6 Å². The summed E-state index contributed by atoms with van der Waals surface area (Å²) < 4.78 is 1.88. The lowest BCUT2D eigenvalue weighted by Gasteiger charge is -2.32. The van der Waals surface area contributed by atoms with Gasteiger partial charge in [-0.2, -0.15) is 0 Å². The standard InChI is InChI=1S/C32H36N4O2S/c1-32(2,3)24-11-9-23(10-12-24)30(37)35-18-15-26-27(20-35)39-29-28(26)31(38)36(21-33-29)25-13-16-34(17-14-25)19-22-7-5-4-6-8-22/h4-12,21,25H,13-20H2,1-3H3. The summed E-state index contributed by atoms with van der Waals surface area (Å²) in [6, 6.07) is 18.7. The molecule has 202 valence electrons. The monoisotopic (exact) mass is 540 g/mol. The van der Waals surface area contributed by atoms with E-state index in [4.69, 9.17) is 4.98 Å². The second-order valence-electron chi connectivity index (χ2n) is 11.9. The van der Waals surface area contributed by atoms with Crippen LogP contribution in [0.25, 0.3) is 10.2 Å². The average molecular weight is 541 g/mol. The van der Waals surface area contributed by atoms with Crippen molar-refractivity contribution in [2.24, 2.45) is 0 Å². The molecule has 0 N–H and O–H groups in total. The van der Waals surface area contributed by atoms with Crippen LogP contribution < -0.4 is 5.56 Å². The fourth-order valence-corrected chi connectivity index (χ4v) is 7.12.